The molecule has 1 N–H and O–H groups in total. The summed E-state index contributed by atoms with van der Waals surface area (Å²) in [6, 6.07) is 12.5. The highest BCUT2D eigenvalue weighted by atomic mass is 35.5. The maximum absolute atomic E-state index is 10.7. The SMILES string of the molecule is O=[N+]([O-])c1cc(Cl)nc(NCCc2ccccc2)c1. The van der Waals surface area contributed by atoms with Crippen molar-refractivity contribution in [2.45, 2.75) is 6.42 Å². The molecule has 2 aromatic rings. The number of anilines is 1. The first-order valence-corrected chi connectivity index (χ1v) is 6.13. The third-order valence-electron chi connectivity index (χ3n) is 2.55. The highest BCUT2D eigenvalue weighted by Gasteiger charge is 2.09. The van der Waals surface area contributed by atoms with Crippen LogP contribution in [0.25, 0.3) is 0 Å². The molecule has 0 saturated carbocycles. The lowest BCUT2D eigenvalue weighted by molar-refractivity contribution is -0.384. The van der Waals surface area contributed by atoms with Crippen molar-refractivity contribution >= 4 is 23.1 Å². The number of nitrogens with zero attached hydrogens (tertiary/aromatic N) is 2. The molecule has 0 spiro atoms. The highest BCUT2D eigenvalue weighted by molar-refractivity contribution is 6.29. The van der Waals surface area contributed by atoms with Crippen LogP contribution in [0.5, 0.6) is 0 Å². The van der Waals surface area contributed by atoms with Crippen molar-refractivity contribution in [2.75, 3.05) is 11.9 Å². The van der Waals surface area contributed by atoms with Crippen molar-refractivity contribution < 1.29 is 4.92 Å². The van der Waals surface area contributed by atoms with Crippen LogP contribution >= 0.6 is 11.6 Å². The predicted octanol–water partition coefficient (Wildman–Crippen LogP) is 3.30. The Morgan fingerprint density at radius 1 is 1.26 bits per heavy atom. The zero-order valence-corrected chi connectivity index (χ0v) is 10.8. The van der Waals surface area contributed by atoms with E-state index in [9.17, 15) is 10.1 Å². The summed E-state index contributed by atoms with van der Waals surface area (Å²) in [6.07, 6.45) is 0.808. The first-order valence-electron chi connectivity index (χ1n) is 5.75. The average molecular weight is 278 g/mol. The van der Waals surface area contributed by atoms with E-state index in [0.717, 1.165) is 6.42 Å². The number of rotatable bonds is 5. The monoisotopic (exact) mass is 277 g/mol. The molecule has 0 bridgehead atoms. The number of benzene rings is 1. The van der Waals surface area contributed by atoms with Crippen molar-refractivity contribution in [1.82, 2.24) is 4.98 Å². The number of halogens is 1. The summed E-state index contributed by atoms with van der Waals surface area (Å²) in [6.45, 7) is 0.633. The molecule has 0 radical (unpaired) electrons. The Morgan fingerprint density at radius 2 is 2.00 bits per heavy atom. The van der Waals surface area contributed by atoms with Gasteiger partial charge < -0.3 is 5.32 Å². The van der Waals surface area contributed by atoms with Crippen LogP contribution in [0, 0.1) is 10.1 Å². The molecule has 1 aromatic heterocycles. The van der Waals surface area contributed by atoms with Crippen LogP contribution in [0.2, 0.25) is 5.15 Å². The molecule has 0 aliphatic carbocycles. The van der Waals surface area contributed by atoms with Crippen LogP contribution in [0.3, 0.4) is 0 Å². The fourth-order valence-corrected chi connectivity index (χ4v) is 1.86. The fraction of sp³-hybridized carbons (Fsp3) is 0.154. The number of pyridine rings is 1. The van der Waals surface area contributed by atoms with E-state index in [1.54, 1.807) is 0 Å². The van der Waals surface area contributed by atoms with Crippen LogP contribution in [-0.2, 0) is 6.42 Å². The van der Waals surface area contributed by atoms with E-state index in [2.05, 4.69) is 10.3 Å². The molecule has 5 nitrogen and oxygen atoms in total. The minimum absolute atomic E-state index is 0.0674. The lowest BCUT2D eigenvalue weighted by atomic mass is 10.1. The van der Waals surface area contributed by atoms with E-state index < -0.39 is 4.92 Å². The molecule has 0 amide bonds. The van der Waals surface area contributed by atoms with Crippen LogP contribution in [0.15, 0.2) is 42.5 Å². The summed E-state index contributed by atoms with van der Waals surface area (Å²) in [5.41, 5.74) is 1.12. The Bertz CT molecular complexity index is 575. The van der Waals surface area contributed by atoms with E-state index in [1.165, 1.54) is 17.7 Å². The normalized spacial score (nSPS) is 10.2. The summed E-state index contributed by atoms with van der Waals surface area (Å²) in [5.74, 6) is 0.412. The van der Waals surface area contributed by atoms with Crippen molar-refractivity contribution in [2.24, 2.45) is 0 Å². The van der Waals surface area contributed by atoms with Gasteiger partial charge in [0.25, 0.3) is 5.69 Å². The first kappa shape index (κ1) is 13.3. The second-order valence-corrected chi connectivity index (χ2v) is 4.34. The Morgan fingerprint density at radius 3 is 2.68 bits per heavy atom. The minimum atomic E-state index is -0.490. The molecule has 98 valence electrons. The van der Waals surface area contributed by atoms with Crippen LogP contribution in [0.4, 0.5) is 11.5 Å². The zero-order chi connectivity index (χ0) is 13.7. The standard InChI is InChI=1S/C13H12ClN3O2/c14-12-8-11(17(18)19)9-13(16-12)15-7-6-10-4-2-1-3-5-10/h1-5,8-9H,6-7H2,(H,15,16). The van der Waals surface area contributed by atoms with Crippen LogP contribution in [-0.4, -0.2) is 16.5 Å². The lowest BCUT2D eigenvalue weighted by Gasteiger charge is -2.06. The molecule has 0 aliphatic rings. The van der Waals surface area contributed by atoms with E-state index in [0.29, 0.717) is 12.4 Å². The predicted molar refractivity (Wildman–Crippen MR) is 74.5 cm³/mol. The number of nitrogens with one attached hydrogen (secondary N) is 1. The molecule has 0 atom stereocenters. The molecule has 0 fully saturated rings. The molecule has 1 aromatic carbocycles. The third-order valence-corrected chi connectivity index (χ3v) is 2.75. The fourth-order valence-electron chi connectivity index (χ4n) is 1.66. The van der Waals surface area contributed by atoms with Gasteiger partial charge in [-0.3, -0.25) is 10.1 Å². The van der Waals surface area contributed by atoms with Gasteiger partial charge in [-0.15, -0.1) is 0 Å². The molecular formula is C13H12ClN3O2. The van der Waals surface area contributed by atoms with E-state index >= 15 is 0 Å². The first-order chi connectivity index (χ1) is 9.15. The minimum Gasteiger partial charge on any atom is -0.369 e. The quantitative estimate of drug-likeness (QED) is 0.517. The topological polar surface area (TPSA) is 68.1 Å². The van der Waals surface area contributed by atoms with Gasteiger partial charge in [0, 0.05) is 6.54 Å². The Balaban J connectivity index is 1.98. The summed E-state index contributed by atoms with van der Waals surface area (Å²) in [5, 5.41) is 13.8. The van der Waals surface area contributed by atoms with E-state index in [-0.39, 0.29) is 10.8 Å². The van der Waals surface area contributed by atoms with Crippen LogP contribution in [0.1, 0.15) is 5.56 Å². The third kappa shape index (κ3) is 3.93. The number of aromatic nitrogens is 1. The zero-order valence-electron chi connectivity index (χ0n) is 10.0. The molecular weight excluding hydrogens is 266 g/mol. The van der Waals surface area contributed by atoms with Gasteiger partial charge in [0.15, 0.2) is 0 Å². The van der Waals surface area contributed by atoms with Crippen molar-refractivity contribution in [3.8, 4) is 0 Å². The van der Waals surface area contributed by atoms with E-state index in [4.69, 9.17) is 11.6 Å². The van der Waals surface area contributed by atoms with Gasteiger partial charge in [-0.1, -0.05) is 41.9 Å². The molecule has 1 heterocycles. The van der Waals surface area contributed by atoms with Gasteiger partial charge in [-0.2, -0.15) is 0 Å². The smallest absolute Gasteiger partial charge is 0.276 e. The lowest BCUT2D eigenvalue weighted by Crippen LogP contribution is -2.06. The molecule has 19 heavy (non-hydrogen) atoms. The maximum atomic E-state index is 10.7. The van der Waals surface area contributed by atoms with E-state index in [1.807, 2.05) is 30.3 Å². The van der Waals surface area contributed by atoms with Gasteiger partial charge in [-0.25, -0.2) is 4.98 Å². The molecule has 0 aliphatic heterocycles. The molecule has 6 heteroatoms. The molecule has 0 unspecified atom stereocenters. The van der Waals surface area contributed by atoms with Crippen molar-refractivity contribution in [1.29, 1.82) is 0 Å². The van der Waals surface area contributed by atoms with Crippen molar-refractivity contribution in [3.05, 3.63) is 63.3 Å². The van der Waals surface area contributed by atoms with Gasteiger partial charge >= 0.3 is 0 Å². The Labute approximate surface area is 115 Å². The van der Waals surface area contributed by atoms with Gasteiger partial charge in [0.1, 0.15) is 11.0 Å². The Kier molecular flexibility index (Phi) is 4.30. The second-order valence-electron chi connectivity index (χ2n) is 3.95. The maximum Gasteiger partial charge on any atom is 0.276 e. The van der Waals surface area contributed by atoms with Gasteiger partial charge in [-0.05, 0) is 12.0 Å². The summed E-state index contributed by atoms with van der Waals surface area (Å²) >= 11 is 5.73. The van der Waals surface area contributed by atoms with Crippen molar-refractivity contribution in [3.63, 3.8) is 0 Å². The largest absolute Gasteiger partial charge is 0.369 e. The summed E-state index contributed by atoms with van der Waals surface area (Å²) in [7, 11) is 0. The average Bonchev–Trinajstić information content (AvgIpc) is 2.39. The second kappa shape index (κ2) is 6.15. The summed E-state index contributed by atoms with van der Waals surface area (Å²) < 4.78 is 0. The number of hydrogen-bond acceptors (Lipinski definition) is 4. The highest BCUT2D eigenvalue weighted by Crippen LogP contribution is 2.20. The molecule has 0 saturated heterocycles. The van der Waals surface area contributed by atoms with Gasteiger partial charge in [0.2, 0.25) is 0 Å². The number of hydrogen-bond donors (Lipinski definition) is 1. The van der Waals surface area contributed by atoms with Gasteiger partial charge in [0.05, 0.1) is 17.1 Å². The summed E-state index contributed by atoms with van der Waals surface area (Å²) in [4.78, 5) is 14.2. The Hall–Kier alpha value is -2.14. The number of nitro groups is 1. The van der Waals surface area contributed by atoms with Crippen LogP contribution < -0.4 is 5.32 Å². The molecule has 2 rings (SSSR count).